The van der Waals surface area contributed by atoms with Crippen LogP contribution in [0.3, 0.4) is 0 Å². The predicted octanol–water partition coefficient (Wildman–Crippen LogP) is 5.81. The second-order valence-electron chi connectivity index (χ2n) is 4.98. The predicted molar refractivity (Wildman–Crippen MR) is 76.4 cm³/mol. The van der Waals surface area contributed by atoms with Crippen LogP contribution in [0.1, 0.15) is 71.6 Å². The number of thiocarbonyl (C=S) groups is 1. The zero-order valence-electron chi connectivity index (χ0n) is 11.9. The summed E-state index contributed by atoms with van der Waals surface area (Å²) < 4.78 is 41.1. The first-order chi connectivity index (χ1) is 8.88. The van der Waals surface area contributed by atoms with E-state index < -0.39 is 17.3 Å². The van der Waals surface area contributed by atoms with Crippen LogP contribution in [0, 0.1) is 0 Å². The van der Waals surface area contributed by atoms with Crippen LogP contribution in [0.2, 0.25) is 0 Å². The molecular formula is C14H25F3OS. The third kappa shape index (κ3) is 11.2. The maximum absolute atomic E-state index is 12.1. The van der Waals surface area contributed by atoms with Crippen molar-refractivity contribution in [2.75, 3.05) is 0 Å². The lowest BCUT2D eigenvalue weighted by Crippen LogP contribution is -2.27. The van der Waals surface area contributed by atoms with E-state index in [0.717, 1.165) is 19.3 Å². The van der Waals surface area contributed by atoms with Gasteiger partial charge in [-0.25, -0.2) is 0 Å². The molecule has 0 N–H and O–H groups in total. The molecule has 0 unspecified atom stereocenters. The van der Waals surface area contributed by atoms with Gasteiger partial charge in [-0.2, -0.15) is 13.2 Å². The van der Waals surface area contributed by atoms with Crippen LogP contribution in [0.15, 0.2) is 0 Å². The maximum atomic E-state index is 12.1. The normalized spacial score (nSPS) is 13.3. The molecule has 0 aromatic heterocycles. The van der Waals surface area contributed by atoms with Crippen LogP contribution in [0.4, 0.5) is 13.2 Å². The molecule has 0 bridgehead atoms. The first-order valence-corrected chi connectivity index (χ1v) is 7.56. The summed E-state index contributed by atoms with van der Waals surface area (Å²) >= 11 is 4.18. The first-order valence-electron chi connectivity index (χ1n) is 7.15. The fraction of sp³-hybridized carbons (Fsp3) is 0.929. The van der Waals surface area contributed by atoms with Crippen molar-refractivity contribution in [2.45, 2.75) is 83.9 Å². The Morgan fingerprint density at radius 1 is 1.00 bits per heavy atom. The fourth-order valence-electron chi connectivity index (χ4n) is 1.87. The van der Waals surface area contributed by atoms with Gasteiger partial charge in [0.05, 0.1) is 6.10 Å². The lowest BCUT2D eigenvalue weighted by atomic mass is 10.1. The highest BCUT2D eigenvalue weighted by molar-refractivity contribution is 7.80. The molecule has 0 aliphatic heterocycles. The SMILES string of the molecule is CCCCCCCCCC[C@H](C)OC(=S)C(F)(F)F. The number of rotatable bonds is 10. The summed E-state index contributed by atoms with van der Waals surface area (Å²) in [5.74, 6) is 0. The second-order valence-corrected chi connectivity index (χ2v) is 5.35. The zero-order valence-corrected chi connectivity index (χ0v) is 12.7. The molecule has 0 aliphatic carbocycles. The van der Waals surface area contributed by atoms with Gasteiger partial charge in [-0.1, -0.05) is 51.9 Å². The summed E-state index contributed by atoms with van der Waals surface area (Å²) in [6, 6.07) is 0. The van der Waals surface area contributed by atoms with E-state index in [1.54, 1.807) is 6.92 Å². The molecule has 0 amide bonds. The van der Waals surface area contributed by atoms with Crippen molar-refractivity contribution in [1.29, 1.82) is 0 Å². The van der Waals surface area contributed by atoms with E-state index in [0.29, 0.717) is 6.42 Å². The number of hydrogen-bond donors (Lipinski definition) is 0. The van der Waals surface area contributed by atoms with E-state index in [2.05, 4.69) is 23.9 Å². The number of unbranched alkanes of at least 4 members (excludes halogenated alkanes) is 7. The van der Waals surface area contributed by atoms with Gasteiger partial charge in [-0.05, 0) is 32.0 Å². The average molecular weight is 298 g/mol. The van der Waals surface area contributed by atoms with E-state index >= 15 is 0 Å². The van der Waals surface area contributed by atoms with E-state index in [4.69, 9.17) is 0 Å². The summed E-state index contributed by atoms with van der Waals surface area (Å²) in [4.78, 5) is 0. The summed E-state index contributed by atoms with van der Waals surface area (Å²) in [5, 5.41) is -1.25. The fourth-order valence-corrected chi connectivity index (χ4v) is 2.04. The molecule has 0 saturated carbocycles. The average Bonchev–Trinajstić information content (AvgIpc) is 2.31. The number of hydrogen-bond acceptors (Lipinski definition) is 2. The van der Waals surface area contributed by atoms with Crippen molar-refractivity contribution >= 4 is 17.3 Å². The highest BCUT2D eigenvalue weighted by Crippen LogP contribution is 2.20. The van der Waals surface area contributed by atoms with Crippen LogP contribution in [-0.4, -0.2) is 17.3 Å². The van der Waals surface area contributed by atoms with Gasteiger partial charge in [0.15, 0.2) is 0 Å². The van der Waals surface area contributed by atoms with Gasteiger partial charge >= 0.3 is 6.18 Å². The molecule has 0 aromatic rings. The molecule has 1 atom stereocenters. The number of alkyl halides is 3. The molecule has 1 nitrogen and oxygen atoms in total. The molecule has 114 valence electrons. The Bertz CT molecular complexity index is 241. The Kier molecular flexibility index (Phi) is 10.3. The Morgan fingerprint density at radius 2 is 1.47 bits per heavy atom. The van der Waals surface area contributed by atoms with Gasteiger partial charge in [0, 0.05) is 0 Å². The Balaban J connectivity index is 3.44. The van der Waals surface area contributed by atoms with Crippen molar-refractivity contribution in [3.8, 4) is 0 Å². The van der Waals surface area contributed by atoms with Crippen molar-refractivity contribution in [1.82, 2.24) is 0 Å². The Labute approximate surface area is 119 Å². The lowest BCUT2D eigenvalue weighted by Gasteiger charge is -2.16. The molecule has 0 fully saturated rings. The quantitative estimate of drug-likeness (QED) is 0.371. The van der Waals surface area contributed by atoms with Crippen LogP contribution in [0.25, 0.3) is 0 Å². The molecule has 0 spiro atoms. The molecule has 19 heavy (non-hydrogen) atoms. The molecule has 0 aliphatic rings. The molecule has 0 saturated heterocycles. The first kappa shape index (κ1) is 18.7. The number of halogens is 3. The van der Waals surface area contributed by atoms with Crippen molar-refractivity contribution in [3.05, 3.63) is 0 Å². The van der Waals surface area contributed by atoms with Crippen LogP contribution >= 0.6 is 12.2 Å². The van der Waals surface area contributed by atoms with Crippen molar-refractivity contribution in [3.63, 3.8) is 0 Å². The van der Waals surface area contributed by atoms with E-state index in [9.17, 15) is 13.2 Å². The van der Waals surface area contributed by atoms with Crippen molar-refractivity contribution in [2.24, 2.45) is 0 Å². The highest BCUT2D eigenvalue weighted by Gasteiger charge is 2.37. The Hall–Kier alpha value is -0.320. The lowest BCUT2D eigenvalue weighted by molar-refractivity contribution is -0.0789. The molecule has 0 heterocycles. The van der Waals surface area contributed by atoms with Gasteiger partial charge < -0.3 is 4.74 Å². The van der Waals surface area contributed by atoms with Gasteiger partial charge in [0.25, 0.3) is 5.05 Å². The zero-order chi connectivity index (χ0) is 14.7. The van der Waals surface area contributed by atoms with E-state index in [1.807, 2.05) is 0 Å². The van der Waals surface area contributed by atoms with Gasteiger partial charge in [-0.15, -0.1) is 0 Å². The molecule has 5 heteroatoms. The second kappa shape index (κ2) is 10.5. The smallest absolute Gasteiger partial charge is 0.460 e. The van der Waals surface area contributed by atoms with E-state index in [1.165, 1.54) is 32.1 Å². The third-order valence-electron chi connectivity index (χ3n) is 3.00. The van der Waals surface area contributed by atoms with E-state index in [-0.39, 0.29) is 0 Å². The molecular weight excluding hydrogens is 273 g/mol. The minimum atomic E-state index is -4.51. The van der Waals surface area contributed by atoms with Crippen LogP contribution in [-0.2, 0) is 4.74 Å². The molecule has 0 radical (unpaired) electrons. The molecule has 0 aromatic carbocycles. The van der Waals surface area contributed by atoms with Crippen LogP contribution in [0.5, 0.6) is 0 Å². The van der Waals surface area contributed by atoms with Gasteiger partial charge in [0.2, 0.25) is 0 Å². The van der Waals surface area contributed by atoms with Crippen molar-refractivity contribution < 1.29 is 17.9 Å². The minimum Gasteiger partial charge on any atom is -0.477 e. The monoisotopic (exact) mass is 298 g/mol. The van der Waals surface area contributed by atoms with Gasteiger partial charge in [-0.3, -0.25) is 0 Å². The summed E-state index contributed by atoms with van der Waals surface area (Å²) in [6.07, 6.45) is 5.08. The summed E-state index contributed by atoms with van der Waals surface area (Å²) in [6.45, 7) is 3.83. The molecule has 0 rings (SSSR count). The summed E-state index contributed by atoms with van der Waals surface area (Å²) in [5.41, 5.74) is 0. The Morgan fingerprint density at radius 3 is 1.95 bits per heavy atom. The standard InChI is InChI=1S/C14H25F3OS/c1-3-4-5-6-7-8-9-10-11-12(2)18-13(19)14(15,16)17/h12H,3-11H2,1-2H3/t12-/m0/s1. The maximum Gasteiger partial charge on any atom is 0.460 e. The number of ether oxygens (including phenoxy) is 1. The highest BCUT2D eigenvalue weighted by atomic mass is 32.1. The minimum absolute atomic E-state index is 0.450. The topological polar surface area (TPSA) is 9.23 Å². The van der Waals surface area contributed by atoms with Gasteiger partial charge in [0.1, 0.15) is 0 Å². The summed E-state index contributed by atoms with van der Waals surface area (Å²) in [7, 11) is 0. The van der Waals surface area contributed by atoms with Crippen LogP contribution < -0.4 is 0 Å². The largest absolute Gasteiger partial charge is 0.477 e. The third-order valence-corrected chi connectivity index (χ3v) is 3.33.